The molecule has 1 fully saturated rings. The van der Waals surface area contributed by atoms with Gasteiger partial charge in [0, 0.05) is 18.8 Å². The van der Waals surface area contributed by atoms with E-state index in [2.05, 4.69) is 25.0 Å². The van der Waals surface area contributed by atoms with E-state index in [0.29, 0.717) is 5.69 Å². The molecule has 178 valence electrons. The minimum Gasteiger partial charge on any atom is -0.415 e. The highest BCUT2D eigenvalue weighted by Crippen LogP contribution is 2.42. The minimum atomic E-state index is -3.10. The molecule has 1 aliphatic rings. The first-order chi connectivity index (χ1) is 16.2. The van der Waals surface area contributed by atoms with Gasteiger partial charge in [-0.3, -0.25) is 4.79 Å². The lowest BCUT2D eigenvalue weighted by atomic mass is 9.69. The van der Waals surface area contributed by atoms with Crippen LogP contribution in [0.5, 0.6) is 5.88 Å². The number of amides is 1. The highest BCUT2D eigenvalue weighted by molar-refractivity contribution is 6.02. The molecule has 4 rings (SSSR count). The summed E-state index contributed by atoms with van der Waals surface area (Å²) in [6.07, 6.45) is 2.31. The number of aromatic nitrogens is 3. The SMILES string of the molecule is Cc1ccc(NC(=O)C2(c3ccccc3C(C)C)CN(c3ncncc3F)C2)c(OC(F)F)n1. The summed E-state index contributed by atoms with van der Waals surface area (Å²) in [6, 6.07) is 10.6. The zero-order valence-corrected chi connectivity index (χ0v) is 18.9. The normalized spacial score (nSPS) is 14.8. The summed E-state index contributed by atoms with van der Waals surface area (Å²) >= 11 is 0. The average molecular weight is 471 g/mol. The molecule has 3 heterocycles. The van der Waals surface area contributed by atoms with Gasteiger partial charge in [0.05, 0.1) is 6.20 Å². The van der Waals surface area contributed by atoms with Gasteiger partial charge in [0.1, 0.15) is 17.4 Å². The third-order valence-corrected chi connectivity index (χ3v) is 5.85. The molecule has 0 unspecified atom stereocenters. The summed E-state index contributed by atoms with van der Waals surface area (Å²) in [7, 11) is 0. The number of carbonyl (C=O) groups excluding carboxylic acids is 1. The first kappa shape index (κ1) is 23.5. The predicted molar refractivity (Wildman–Crippen MR) is 121 cm³/mol. The molecule has 34 heavy (non-hydrogen) atoms. The number of ether oxygens (including phenoxy) is 1. The lowest BCUT2D eigenvalue weighted by molar-refractivity contribution is -0.122. The predicted octanol–water partition coefficient (Wildman–Crippen LogP) is 4.44. The molecular formula is C24H24F3N5O2. The van der Waals surface area contributed by atoms with Crippen molar-refractivity contribution < 1.29 is 22.7 Å². The Morgan fingerprint density at radius 2 is 1.91 bits per heavy atom. The van der Waals surface area contributed by atoms with Gasteiger partial charge in [-0.2, -0.15) is 8.78 Å². The van der Waals surface area contributed by atoms with Crippen molar-refractivity contribution in [3.63, 3.8) is 0 Å². The third-order valence-electron chi connectivity index (χ3n) is 5.85. The monoisotopic (exact) mass is 471 g/mol. The standard InChI is InChI=1S/C24H24F3N5O2/c1-14(2)16-6-4-5-7-17(16)24(11-32(12-24)20-18(25)10-28-13-29-20)22(33)31-19-9-8-15(3)30-21(19)34-23(26)27/h4-10,13-14,23H,11-12H2,1-3H3,(H,31,33). The van der Waals surface area contributed by atoms with Crippen LogP contribution in [0.3, 0.4) is 0 Å². The molecule has 0 atom stereocenters. The molecule has 7 nitrogen and oxygen atoms in total. The van der Waals surface area contributed by atoms with Gasteiger partial charge in [-0.1, -0.05) is 38.1 Å². The fourth-order valence-electron chi connectivity index (χ4n) is 4.21. The maximum absolute atomic E-state index is 14.3. The van der Waals surface area contributed by atoms with Gasteiger partial charge in [0.2, 0.25) is 11.8 Å². The van der Waals surface area contributed by atoms with Gasteiger partial charge in [0.15, 0.2) is 11.6 Å². The molecule has 0 aliphatic carbocycles. The van der Waals surface area contributed by atoms with E-state index in [0.717, 1.165) is 17.3 Å². The molecule has 1 amide bonds. The highest BCUT2D eigenvalue weighted by Gasteiger charge is 2.53. The van der Waals surface area contributed by atoms with Crippen LogP contribution < -0.4 is 15.0 Å². The van der Waals surface area contributed by atoms with Crippen LogP contribution in [0, 0.1) is 12.7 Å². The van der Waals surface area contributed by atoms with Crippen molar-refractivity contribution in [3.8, 4) is 5.88 Å². The van der Waals surface area contributed by atoms with Crippen LogP contribution in [0.1, 0.15) is 36.6 Å². The number of alkyl halides is 2. The molecule has 1 aliphatic heterocycles. The van der Waals surface area contributed by atoms with E-state index in [-0.39, 0.29) is 36.4 Å². The van der Waals surface area contributed by atoms with Crippen molar-refractivity contribution in [1.82, 2.24) is 15.0 Å². The molecule has 0 spiro atoms. The maximum Gasteiger partial charge on any atom is 0.388 e. The zero-order valence-electron chi connectivity index (χ0n) is 18.9. The highest BCUT2D eigenvalue weighted by atomic mass is 19.3. The Balaban J connectivity index is 1.72. The van der Waals surface area contributed by atoms with Crippen molar-refractivity contribution in [2.24, 2.45) is 0 Å². The van der Waals surface area contributed by atoms with Crippen molar-refractivity contribution in [1.29, 1.82) is 0 Å². The van der Waals surface area contributed by atoms with Crippen molar-refractivity contribution >= 4 is 17.4 Å². The van der Waals surface area contributed by atoms with Gasteiger partial charge in [0.25, 0.3) is 0 Å². The zero-order chi connectivity index (χ0) is 24.5. The molecule has 2 aromatic heterocycles. The van der Waals surface area contributed by atoms with E-state index in [1.54, 1.807) is 17.9 Å². The fourth-order valence-corrected chi connectivity index (χ4v) is 4.21. The number of aryl methyl sites for hydroxylation is 1. The third kappa shape index (κ3) is 4.40. The first-order valence-electron chi connectivity index (χ1n) is 10.7. The Labute approximate surface area is 195 Å². The van der Waals surface area contributed by atoms with Gasteiger partial charge in [-0.15, -0.1) is 0 Å². The largest absolute Gasteiger partial charge is 0.415 e. The number of hydrogen-bond donors (Lipinski definition) is 1. The van der Waals surface area contributed by atoms with Crippen LogP contribution in [-0.4, -0.2) is 40.6 Å². The topological polar surface area (TPSA) is 80.2 Å². The van der Waals surface area contributed by atoms with Gasteiger partial charge >= 0.3 is 6.61 Å². The Kier molecular flexibility index (Phi) is 6.41. The summed E-state index contributed by atoms with van der Waals surface area (Å²) in [5.74, 6) is -1.18. The lowest BCUT2D eigenvalue weighted by Crippen LogP contribution is -2.66. The quantitative estimate of drug-likeness (QED) is 0.549. The van der Waals surface area contributed by atoms with E-state index < -0.39 is 23.8 Å². The number of carbonyl (C=O) groups is 1. The number of nitrogens with zero attached hydrogens (tertiary/aromatic N) is 4. The van der Waals surface area contributed by atoms with Gasteiger partial charge in [-0.25, -0.2) is 19.3 Å². The Morgan fingerprint density at radius 3 is 2.59 bits per heavy atom. The lowest BCUT2D eigenvalue weighted by Gasteiger charge is -2.50. The van der Waals surface area contributed by atoms with Crippen molar-refractivity contribution in [2.75, 3.05) is 23.3 Å². The number of nitrogens with one attached hydrogen (secondary N) is 1. The second-order valence-electron chi connectivity index (χ2n) is 8.51. The molecular weight excluding hydrogens is 447 g/mol. The van der Waals surface area contributed by atoms with E-state index in [1.165, 1.54) is 12.4 Å². The fraction of sp³-hybridized carbons (Fsp3) is 0.333. The second kappa shape index (κ2) is 9.28. The summed E-state index contributed by atoms with van der Waals surface area (Å²) in [5.41, 5.74) is 1.16. The number of rotatable bonds is 7. The molecule has 0 saturated carbocycles. The number of hydrogen-bond acceptors (Lipinski definition) is 6. The Bertz CT molecular complexity index is 1200. The molecule has 1 aromatic carbocycles. The number of benzene rings is 1. The molecule has 0 radical (unpaired) electrons. The molecule has 10 heteroatoms. The van der Waals surface area contributed by atoms with Crippen LogP contribution in [0.25, 0.3) is 0 Å². The van der Waals surface area contributed by atoms with Crippen LogP contribution in [0.4, 0.5) is 24.7 Å². The van der Waals surface area contributed by atoms with E-state index in [1.807, 2.05) is 38.1 Å². The van der Waals surface area contributed by atoms with E-state index in [9.17, 15) is 18.0 Å². The number of halogens is 3. The molecule has 3 aromatic rings. The Hall–Kier alpha value is -3.69. The van der Waals surface area contributed by atoms with Crippen LogP contribution in [0.2, 0.25) is 0 Å². The smallest absolute Gasteiger partial charge is 0.388 e. The van der Waals surface area contributed by atoms with E-state index in [4.69, 9.17) is 0 Å². The molecule has 0 bridgehead atoms. The summed E-state index contributed by atoms with van der Waals surface area (Å²) < 4.78 is 44.7. The van der Waals surface area contributed by atoms with E-state index >= 15 is 0 Å². The summed E-state index contributed by atoms with van der Waals surface area (Å²) in [4.78, 5) is 27.1. The number of pyridine rings is 1. The summed E-state index contributed by atoms with van der Waals surface area (Å²) in [6.45, 7) is 2.85. The molecule has 1 N–H and O–H groups in total. The molecule has 1 saturated heterocycles. The van der Waals surface area contributed by atoms with Crippen molar-refractivity contribution in [3.05, 3.63) is 71.6 Å². The van der Waals surface area contributed by atoms with Gasteiger partial charge in [-0.05, 0) is 36.1 Å². The maximum atomic E-state index is 14.3. The average Bonchev–Trinajstić information content (AvgIpc) is 2.76. The first-order valence-corrected chi connectivity index (χ1v) is 10.7. The van der Waals surface area contributed by atoms with Crippen LogP contribution in [-0.2, 0) is 10.2 Å². The van der Waals surface area contributed by atoms with Crippen LogP contribution >= 0.6 is 0 Å². The Morgan fingerprint density at radius 1 is 1.18 bits per heavy atom. The summed E-state index contributed by atoms with van der Waals surface area (Å²) in [5, 5.41) is 2.72. The number of anilines is 2. The van der Waals surface area contributed by atoms with Crippen molar-refractivity contribution in [2.45, 2.75) is 38.7 Å². The van der Waals surface area contributed by atoms with Gasteiger partial charge < -0.3 is 15.0 Å². The second-order valence-corrected chi connectivity index (χ2v) is 8.51. The minimum absolute atomic E-state index is 0.0315. The van der Waals surface area contributed by atoms with Crippen LogP contribution in [0.15, 0.2) is 48.9 Å².